The van der Waals surface area contributed by atoms with E-state index in [1.165, 1.54) is 0 Å². The van der Waals surface area contributed by atoms with Crippen molar-refractivity contribution >= 4 is 11.6 Å². The zero-order valence-electron chi connectivity index (χ0n) is 15.2. The number of rotatable bonds is 8. The molecule has 25 heavy (non-hydrogen) atoms. The average molecular weight is 343 g/mol. The van der Waals surface area contributed by atoms with Gasteiger partial charge in [-0.1, -0.05) is 12.1 Å². The third-order valence-electron chi connectivity index (χ3n) is 3.75. The van der Waals surface area contributed by atoms with E-state index in [0.717, 1.165) is 11.1 Å². The van der Waals surface area contributed by atoms with Crippen molar-refractivity contribution in [2.75, 3.05) is 25.1 Å². The van der Waals surface area contributed by atoms with Crippen molar-refractivity contribution in [3.8, 4) is 17.2 Å². The Morgan fingerprint density at radius 1 is 0.960 bits per heavy atom. The SMILES string of the molecule is CCOc1ccc(OCC)c(NC(=O)COc2cccc(C)c2C)c1. The standard InChI is InChI=1S/C20H25NO4/c1-5-23-16-10-11-19(24-6-2)17(12-16)21-20(22)13-25-18-9-7-8-14(3)15(18)4/h7-12H,5-6,13H2,1-4H3,(H,21,22). The largest absolute Gasteiger partial charge is 0.494 e. The minimum Gasteiger partial charge on any atom is -0.494 e. The second-order valence-electron chi connectivity index (χ2n) is 5.56. The quantitative estimate of drug-likeness (QED) is 0.783. The van der Waals surface area contributed by atoms with E-state index in [-0.39, 0.29) is 12.5 Å². The van der Waals surface area contributed by atoms with Gasteiger partial charge in [0.25, 0.3) is 5.91 Å². The van der Waals surface area contributed by atoms with Gasteiger partial charge in [0.05, 0.1) is 18.9 Å². The van der Waals surface area contributed by atoms with Gasteiger partial charge >= 0.3 is 0 Å². The molecule has 0 spiro atoms. The van der Waals surface area contributed by atoms with E-state index >= 15 is 0 Å². The van der Waals surface area contributed by atoms with Gasteiger partial charge in [-0.2, -0.15) is 0 Å². The van der Waals surface area contributed by atoms with Crippen LogP contribution in [0.5, 0.6) is 17.2 Å². The summed E-state index contributed by atoms with van der Waals surface area (Å²) in [4.78, 5) is 12.3. The van der Waals surface area contributed by atoms with Gasteiger partial charge in [-0.25, -0.2) is 0 Å². The maximum absolute atomic E-state index is 12.3. The first-order valence-electron chi connectivity index (χ1n) is 8.43. The Labute approximate surface area is 148 Å². The fourth-order valence-electron chi connectivity index (χ4n) is 2.35. The summed E-state index contributed by atoms with van der Waals surface area (Å²) in [5.41, 5.74) is 2.73. The highest BCUT2D eigenvalue weighted by molar-refractivity contribution is 5.93. The summed E-state index contributed by atoms with van der Waals surface area (Å²) in [6, 6.07) is 11.1. The Balaban J connectivity index is 2.05. The zero-order chi connectivity index (χ0) is 18.2. The van der Waals surface area contributed by atoms with Gasteiger partial charge in [0.15, 0.2) is 6.61 Å². The summed E-state index contributed by atoms with van der Waals surface area (Å²) >= 11 is 0. The summed E-state index contributed by atoms with van der Waals surface area (Å²) in [5, 5.41) is 2.83. The van der Waals surface area contributed by atoms with Crippen molar-refractivity contribution in [2.45, 2.75) is 27.7 Å². The molecule has 0 bridgehead atoms. The molecule has 0 fully saturated rings. The highest BCUT2D eigenvalue weighted by Gasteiger charge is 2.11. The highest BCUT2D eigenvalue weighted by Crippen LogP contribution is 2.29. The fraction of sp³-hybridized carbons (Fsp3) is 0.350. The molecule has 0 aliphatic rings. The van der Waals surface area contributed by atoms with Crippen LogP contribution in [0.4, 0.5) is 5.69 Å². The van der Waals surface area contributed by atoms with E-state index in [2.05, 4.69) is 5.32 Å². The molecule has 0 saturated heterocycles. The molecule has 1 N–H and O–H groups in total. The van der Waals surface area contributed by atoms with Gasteiger partial charge in [0, 0.05) is 6.07 Å². The van der Waals surface area contributed by atoms with Gasteiger partial charge in [-0.15, -0.1) is 0 Å². The van der Waals surface area contributed by atoms with Gasteiger partial charge in [-0.3, -0.25) is 4.79 Å². The number of hydrogen-bond acceptors (Lipinski definition) is 4. The zero-order valence-corrected chi connectivity index (χ0v) is 15.2. The van der Waals surface area contributed by atoms with Crippen LogP contribution in [0.2, 0.25) is 0 Å². The molecule has 0 aliphatic carbocycles. The summed E-state index contributed by atoms with van der Waals surface area (Å²) in [6.45, 7) is 8.78. The molecule has 0 aromatic heterocycles. The van der Waals surface area contributed by atoms with Crippen LogP contribution in [0, 0.1) is 13.8 Å². The minimum absolute atomic E-state index is 0.0747. The molecule has 0 radical (unpaired) electrons. The molecule has 0 saturated carbocycles. The summed E-state index contributed by atoms with van der Waals surface area (Å²) in [7, 11) is 0. The molecule has 5 nitrogen and oxygen atoms in total. The Morgan fingerprint density at radius 2 is 1.72 bits per heavy atom. The third-order valence-corrected chi connectivity index (χ3v) is 3.75. The van der Waals surface area contributed by atoms with Crippen LogP contribution in [0.25, 0.3) is 0 Å². The van der Waals surface area contributed by atoms with Gasteiger partial charge in [-0.05, 0) is 57.0 Å². The van der Waals surface area contributed by atoms with Crippen LogP contribution in [0.15, 0.2) is 36.4 Å². The van der Waals surface area contributed by atoms with E-state index < -0.39 is 0 Å². The van der Waals surface area contributed by atoms with Crippen molar-refractivity contribution in [3.63, 3.8) is 0 Å². The smallest absolute Gasteiger partial charge is 0.262 e. The number of carbonyl (C=O) groups is 1. The molecule has 134 valence electrons. The third kappa shape index (κ3) is 5.14. The molecule has 2 rings (SSSR count). The summed E-state index contributed by atoms with van der Waals surface area (Å²) in [5.74, 6) is 1.74. The Hall–Kier alpha value is -2.69. The first-order valence-corrected chi connectivity index (χ1v) is 8.43. The number of nitrogens with one attached hydrogen (secondary N) is 1. The van der Waals surface area contributed by atoms with E-state index in [9.17, 15) is 4.79 Å². The molecule has 0 heterocycles. The lowest BCUT2D eigenvalue weighted by Crippen LogP contribution is -2.21. The minimum atomic E-state index is -0.254. The predicted octanol–water partition coefficient (Wildman–Crippen LogP) is 4.12. The molecule has 5 heteroatoms. The number of anilines is 1. The molecular weight excluding hydrogens is 318 g/mol. The Bertz CT molecular complexity index is 728. The maximum atomic E-state index is 12.3. The van der Waals surface area contributed by atoms with Crippen molar-refractivity contribution in [2.24, 2.45) is 0 Å². The summed E-state index contributed by atoms with van der Waals surface area (Å²) in [6.07, 6.45) is 0. The average Bonchev–Trinajstić information content (AvgIpc) is 2.59. The Morgan fingerprint density at radius 3 is 2.44 bits per heavy atom. The lowest BCUT2D eigenvalue weighted by molar-refractivity contribution is -0.118. The normalized spacial score (nSPS) is 10.2. The number of benzene rings is 2. The van der Waals surface area contributed by atoms with Crippen molar-refractivity contribution < 1.29 is 19.0 Å². The van der Waals surface area contributed by atoms with E-state index in [0.29, 0.717) is 36.1 Å². The highest BCUT2D eigenvalue weighted by atomic mass is 16.5. The number of amides is 1. The molecular formula is C20H25NO4. The topological polar surface area (TPSA) is 56.8 Å². The molecule has 1 amide bonds. The van der Waals surface area contributed by atoms with E-state index in [1.807, 2.05) is 52.0 Å². The van der Waals surface area contributed by atoms with Gasteiger partial charge < -0.3 is 19.5 Å². The van der Waals surface area contributed by atoms with Crippen molar-refractivity contribution in [1.82, 2.24) is 0 Å². The predicted molar refractivity (Wildman–Crippen MR) is 98.8 cm³/mol. The molecule has 0 unspecified atom stereocenters. The molecule has 2 aromatic carbocycles. The maximum Gasteiger partial charge on any atom is 0.262 e. The van der Waals surface area contributed by atoms with Crippen molar-refractivity contribution in [1.29, 1.82) is 0 Å². The van der Waals surface area contributed by atoms with Crippen molar-refractivity contribution in [3.05, 3.63) is 47.5 Å². The first-order chi connectivity index (χ1) is 12.0. The lowest BCUT2D eigenvalue weighted by Gasteiger charge is -2.14. The van der Waals surface area contributed by atoms with Gasteiger partial charge in [0.1, 0.15) is 17.2 Å². The molecule has 0 aliphatic heterocycles. The van der Waals surface area contributed by atoms with E-state index in [4.69, 9.17) is 14.2 Å². The number of ether oxygens (including phenoxy) is 3. The van der Waals surface area contributed by atoms with Gasteiger partial charge in [0.2, 0.25) is 0 Å². The fourth-order valence-corrected chi connectivity index (χ4v) is 2.35. The second-order valence-corrected chi connectivity index (χ2v) is 5.56. The summed E-state index contributed by atoms with van der Waals surface area (Å²) < 4.78 is 16.7. The van der Waals surface area contributed by atoms with Crippen LogP contribution < -0.4 is 19.5 Å². The monoisotopic (exact) mass is 343 g/mol. The number of aryl methyl sites for hydroxylation is 1. The van der Waals surface area contributed by atoms with Crippen LogP contribution in [-0.4, -0.2) is 25.7 Å². The second kappa shape index (κ2) is 8.97. The van der Waals surface area contributed by atoms with Crippen LogP contribution in [-0.2, 0) is 4.79 Å². The van der Waals surface area contributed by atoms with Crippen LogP contribution in [0.3, 0.4) is 0 Å². The van der Waals surface area contributed by atoms with E-state index in [1.54, 1.807) is 12.1 Å². The first kappa shape index (κ1) is 18.6. The van der Waals surface area contributed by atoms with Crippen LogP contribution >= 0.6 is 0 Å². The number of hydrogen-bond donors (Lipinski definition) is 1. The molecule has 2 aromatic rings. The number of carbonyl (C=O) groups excluding carboxylic acids is 1. The van der Waals surface area contributed by atoms with Crippen LogP contribution in [0.1, 0.15) is 25.0 Å². The Kier molecular flexibility index (Phi) is 6.69. The lowest BCUT2D eigenvalue weighted by atomic mass is 10.1. The molecule has 0 atom stereocenters.